The first kappa shape index (κ1) is 13.8. The maximum atomic E-state index is 11.4. The van der Waals surface area contributed by atoms with Gasteiger partial charge in [-0.1, -0.05) is 0 Å². The molecule has 1 atom stereocenters. The van der Waals surface area contributed by atoms with E-state index in [0.717, 1.165) is 30.4 Å². The molecule has 2 rings (SSSR count). The van der Waals surface area contributed by atoms with E-state index in [9.17, 15) is 9.90 Å². The predicted molar refractivity (Wildman–Crippen MR) is 66.7 cm³/mol. The average molecular weight is 258 g/mol. The molecule has 0 spiro atoms. The quantitative estimate of drug-likeness (QED) is 0.747. The van der Waals surface area contributed by atoms with Gasteiger partial charge in [0.25, 0.3) is 0 Å². The van der Waals surface area contributed by atoms with Crippen LogP contribution in [0.25, 0.3) is 0 Å². The molecule has 4 nitrogen and oxygen atoms in total. The van der Waals surface area contributed by atoms with Crippen LogP contribution in [0.15, 0.2) is 12.1 Å². The number of carbonyl (C=O) groups excluding carboxylic acids is 1. The van der Waals surface area contributed by atoms with Crippen LogP contribution in [0.1, 0.15) is 27.9 Å². The molecule has 1 aliphatic rings. The standard InChI is InChI=1S/C12H15NO3.ClH/c1-16-12(15)10-5-8-4-9(13)3-2-7(8)6-11(10)14;/h5-6,9,14H,2-4,13H2,1H3;1H. The number of aryl methyl sites for hydroxylation is 1. The number of methoxy groups -OCH3 is 1. The van der Waals surface area contributed by atoms with Crippen LogP contribution in [0.4, 0.5) is 0 Å². The fourth-order valence-corrected chi connectivity index (χ4v) is 2.10. The van der Waals surface area contributed by atoms with Gasteiger partial charge < -0.3 is 15.6 Å². The summed E-state index contributed by atoms with van der Waals surface area (Å²) in [6, 6.07) is 3.48. The van der Waals surface area contributed by atoms with Gasteiger partial charge in [0.1, 0.15) is 11.3 Å². The number of ether oxygens (including phenoxy) is 1. The van der Waals surface area contributed by atoms with E-state index in [1.54, 1.807) is 12.1 Å². The number of carbonyl (C=O) groups is 1. The highest BCUT2D eigenvalue weighted by molar-refractivity contribution is 5.92. The van der Waals surface area contributed by atoms with Crippen molar-refractivity contribution >= 4 is 18.4 Å². The average Bonchev–Trinajstić information content (AvgIpc) is 2.28. The fourth-order valence-electron chi connectivity index (χ4n) is 2.10. The first-order valence-electron chi connectivity index (χ1n) is 5.30. The van der Waals surface area contributed by atoms with E-state index in [1.807, 2.05) is 0 Å². The molecule has 5 heteroatoms. The Labute approximate surface area is 106 Å². The molecular formula is C12H16ClNO3. The topological polar surface area (TPSA) is 72.5 Å². The molecule has 17 heavy (non-hydrogen) atoms. The monoisotopic (exact) mass is 257 g/mol. The molecule has 3 N–H and O–H groups in total. The van der Waals surface area contributed by atoms with E-state index in [-0.39, 0.29) is 29.8 Å². The van der Waals surface area contributed by atoms with Crippen molar-refractivity contribution in [1.82, 2.24) is 0 Å². The number of nitrogens with two attached hydrogens (primary N) is 1. The van der Waals surface area contributed by atoms with Gasteiger partial charge in [0, 0.05) is 6.04 Å². The van der Waals surface area contributed by atoms with Crippen LogP contribution in [-0.2, 0) is 17.6 Å². The minimum absolute atomic E-state index is 0. The number of esters is 1. The Morgan fingerprint density at radius 1 is 1.47 bits per heavy atom. The molecule has 0 aliphatic heterocycles. The lowest BCUT2D eigenvalue weighted by molar-refractivity contribution is 0.0597. The summed E-state index contributed by atoms with van der Waals surface area (Å²) < 4.78 is 4.60. The highest BCUT2D eigenvalue weighted by atomic mass is 35.5. The SMILES string of the molecule is COC(=O)c1cc2c(cc1O)CCC(N)C2.Cl. The number of aromatic hydroxyl groups is 1. The summed E-state index contributed by atoms with van der Waals surface area (Å²) >= 11 is 0. The Hall–Kier alpha value is -1.26. The lowest BCUT2D eigenvalue weighted by Crippen LogP contribution is -2.28. The minimum Gasteiger partial charge on any atom is -0.507 e. The molecule has 1 aromatic carbocycles. The summed E-state index contributed by atoms with van der Waals surface area (Å²) in [6.07, 6.45) is 2.52. The number of phenols is 1. The van der Waals surface area contributed by atoms with Crippen LogP contribution in [0.2, 0.25) is 0 Å². The van der Waals surface area contributed by atoms with Crippen LogP contribution >= 0.6 is 12.4 Å². The van der Waals surface area contributed by atoms with Gasteiger partial charge >= 0.3 is 5.97 Å². The first-order chi connectivity index (χ1) is 7.61. The third kappa shape index (κ3) is 2.70. The molecule has 0 aromatic heterocycles. The number of hydrogen-bond donors (Lipinski definition) is 2. The summed E-state index contributed by atoms with van der Waals surface area (Å²) in [7, 11) is 1.30. The van der Waals surface area contributed by atoms with Gasteiger partial charge in [-0.05, 0) is 42.5 Å². The van der Waals surface area contributed by atoms with E-state index < -0.39 is 5.97 Å². The second kappa shape index (κ2) is 5.38. The zero-order valence-electron chi connectivity index (χ0n) is 9.60. The molecule has 0 saturated heterocycles. The van der Waals surface area contributed by atoms with Gasteiger partial charge in [-0.2, -0.15) is 0 Å². The molecule has 0 radical (unpaired) electrons. The molecule has 0 fully saturated rings. The van der Waals surface area contributed by atoms with Gasteiger partial charge in [0.15, 0.2) is 0 Å². The normalized spacial score (nSPS) is 17.9. The number of halogens is 1. The summed E-state index contributed by atoms with van der Waals surface area (Å²) in [4.78, 5) is 11.4. The molecule has 0 saturated carbocycles. The number of hydrogen-bond acceptors (Lipinski definition) is 4. The van der Waals surface area contributed by atoms with Gasteiger partial charge in [0.2, 0.25) is 0 Å². The number of phenolic OH excluding ortho intramolecular Hbond substituents is 1. The highest BCUT2D eigenvalue weighted by Gasteiger charge is 2.20. The van der Waals surface area contributed by atoms with E-state index in [4.69, 9.17) is 5.73 Å². The molecule has 0 amide bonds. The second-order valence-electron chi connectivity index (χ2n) is 4.13. The van der Waals surface area contributed by atoms with Crippen molar-refractivity contribution in [2.24, 2.45) is 5.73 Å². The molecule has 94 valence electrons. The van der Waals surface area contributed by atoms with Crippen molar-refractivity contribution < 1.29 is 14.6 Å². The van der Waals surface area contributed by atoms with Crippen LogP contribution in [0, 0.1) is 0 Å². The van der Waals surface area contributed by atoms with E-state index in [2.05, 4.69) is 4.74 Å². The van der Waals surface area contributed by atoms with Crippen molar-refractivity contribution in [3.63, 3.8) is 0 Å². The third-order valence-electron chi connectivity index (χ3n) is 2.99. The van der Waals surface area contributed by atoms with E-state index >= 15 is 0 Å². The maximum absolute atomic E-state index is 11.4. The van der Waals surface area contributed by atoms with E-state index in [0.29, 0.717) is 0 Å². The van der Waals surface area contributed by atoms with Gasteiger partial charge in [-0.3, -0.25) is 0 Å². The third-order valence-corrected chi connectivity index (χ3v) is 2.99. The van der Waals surface area contributed by atoms with Crippen LogP contribution in [0.3, 0.4) is 0 Å². The Bertz CT molecular complexity index is 434. The van der Waals surface area contributed by atoms with Crippen molar-refractivity contribution in [1.29, 1.82) is 0 Å². The number of rotatable bonds is 1. The van der Waals surface area contributed by atoms with Crippen LogP contribution < -0.4 is 5.73 Å². The Morgan fingerprint density at radius 3 is 2.82 bits per heavy atom. The molecule has 0 heterocycles. The molecule has 1 aromatic rings. The summed E-state index contributed by atoms with van der Waals surface area (Å²) in [6.45, 7) is 0. The smallest absolute Gasteiger partial charge is 0.341 e. The van der Waals surface area contributed by atoms with Gasteiger partial charge in [-0.25, -0.2) is 4.79 Å². The molecule has 0 bridgehead atoms. The fraction of sp³-hybridized carbons (Fsp3) is 0.417. The minimum atomic E-state index is -0.514. The van der Waals surface area contributed by atoms with E-state index in [1.165, 1.54) is 7.11 Å². The molecular weight excluding hydrogens is 242 g/mol. The summed E-state index contributed by atoms with van der Waals surface area (Å²) in [5, 5.41) is 9.70. The summed E-state index contributed by atoms with van der Waals surface area (Å²) in [5.41, 5.74) is 8.20. The lowest BCUT2D eigenvalue weighted by atomic mass is 9.87. The van der Waals surface area contributed by atoms with Crippen LogP contribution in [-0.4, -0.2) is 24.2 Å². The second-order valence-corrected chi connectivity index (χ2v) is 4.13. The summed E-state index contributed by atoms with van der Waals surface area (Å²) in [5.74, 6) is -0.527. The zero-order valence-corrected chi connectivity index (χ0v) is 10.4. The maximum Gasteiger partial charge on any atom is 0.341 e. The lowest BCUT2D eigenvalue weighted by Gasteiger charge is -2.22. The highest BCUT2D eigenvalue weighted by Crippen LogP contribution is 2.28. The largest absolute Gasteiger partial charge is 0.507 e. The molecule has 1 aliphatic carbocycles. The van der Waals surface area contributed by atoms with Gasteiger partial charge in [0.05, 0.1) is 7.11 Å². The zero-order chi connectivity index (χ0) is 11.7. The number of fused-ring (bicyclic) bond motifs is 1. The number of benzene rings is 1. The van der Waals surface area contributed by atoms with Crippen LogP contribution in [0.5, 0.6) is 5.75 Å². The van der Waals surface area contributed by atoms with Crippen molar-refractivity contribution in [2.75, 3.05) is 7.11 Å². The van der Waals surface area contributed by atoms with Crippen molar-refractivity contribution in [3.8, 4) is 5.75 Å². The van der Waals surface area contributed by atoms with Crippen molar-refractivity contribution in [2.45, 2.75) is 25.3 Å². The Balaban J connectivity index is 0.00000144. The predicted octanol–water partition coefficient (Wildman–Crippen LogP) is 1.42. The first-order valence-corrected chi connectivity index (χ1v) is 5.30. The molecule has 1 unspecified atom stereocenters. The van der Waals surface area contributed by atoms with Gasteiger partial charge in [-0.15, -0.1) is 12.4 Å². The Kier molecular flexibility index (Phi) is 4.37. The van der Waals surface area contributed by atoms with Crippen molar-refractivity contribution in [3.05, 3.63) is 28.8 Å². The Morgan fingerprint density at radius 2 is 2.18 bits per heavy atom.